The molecule has 28 heavy (non-hydrogen) atoms. The predicted octanol–water partition coefficient (Wildman–Crippen LogP) is 3.58. The number of benzene rings is 1. The zero-order valence-corrected chi connectivity index (χ0v) is 16.4. The molecular formula is C23H28N2O3. The van der Waals surface area contributed by atoms with Gasteiger partial charge in [-0.15, -0.1) is 0 Å². The first-order valence-corrected chi connectivity index (χ1v) is 10.5. The molecule has 0 saturated heterocycles. The van der Waals surface area contributed by atoms with Crippen LogP contribution < -0.4 is 5.32 Å². The Hall–Kier alpha value is -2.30. The second-order valence-electron chi connectivity index (χ2n) is 9.15. The number of para-hydroxylation sites is 1. The van der Waals surface area contributed by atoms with Gasteiger partial charge in [-0.1, -0.05) is 24.6 Å². The molecule has 5 rings (SSSR count). The Morgan fingerprint density at radius 3 is 2.89 bits per heavy atom. The molecular weight excluding hydrogens is 352 g/mol. The van der Waals surface area contributed by atoms with Gasteiger partial charge >= 0.3 is 5.97 Å². The Morgan fingerprint density at radius 1 is 1.21 bits per heavy atom. The van der Waals surface area contributed by atoms with Crippen molar-refractivity contribution in [2.75, 3.05) is 7.11 Å². The fourth-order valence-corrected chi connectivity index (χ4v) is 6.47. The third-order valence-corrected chi connectivity index (χ3v) is 7.64. The number of ether oxygens (including phenoxy) is 1. The molecule has 1 amide bonds. The molecule has 0 aliphatic heterocycles. The first kappa shape index (κ1) is 17.8. The van der Waals surface area contributed by atoms with Gasteiger partial charge in [0, 0.05) is 23.5 Å². The Balaban J connectivity index is 1.39. The van der Waals surface area contributed by atoms with Crippen molar-refractivity contribution >= 4 is 22.8 Å². The summed E-state index contributed by atoms with van der Waals surface area (Å²) in [5, 5.41) is 4.20. The van der Waals surface area contributed by atoms with Gasteiger partial charge < -0.3 is 15.0 Å². The third kappa shape index (κ3) is 2.75. The number of fused-ring (bicyclic) bond motifs is 3. The van der Waals surface area contributed by atoms with Gasteiger partial charge in [-0.25, -0.2) is 4.79 Å². The molecule has 3 aliphatic rings. The number of rotatable bonds is 5. The van der Waals surface area contributed by atoms with Gasteiger partial charge in [0.15, 0.2) is 0 Å². The van der Waals surface area contributed by atoms with Crippen molar-refractivity contribution in [1.82, 2.24) is 10.3 Å². The minimum atomic E-state index is -0.648. The van der Waals surface area contributed by atoms with Crippen LogP contribution in [0.1, 0.15) is 44.1 Å². The second kappa shape index (κ2) is 6.64. The molecule has 1 aromatic carbocycles. The number of nitrogens with one attached hydrogen (secondary N) is 2. The van der Waals surface area contributed by atoms with Crippen LogP contribution in [-0.4, -0.2) is 30.0 Å². The van der Waals surface area contributed by atoms with Crippen molar-refractivity contribution in [2.24, 2.45) is 23.2 Å². The largest absolute Gasteiger partial charge is 0.467 e. The van der Waals surface area contributed by atoms with Crippen LogP contribution in [-0.2, 0) is 20.7 Å². The van der Waals surface area contributed by atoms with Crippen molar-refractivity contribution in [3.8, 4) is 0 Å². The normalized spacial score (nSPS) is 31.7. The van der Waals surface area contributed by atoms with E-state index in [2.05, 4.69) is 10.3 Å². The molecule has 2 N–H and O–H groups in total. The van der Waals surface area contributed by atoms with E-state index in [1.165, 1.54) is 32.8 Å². The van der Waals surface area contributed by atoms with E-state index in [1.807, 2.05) is 30.5 Å². The average Bonchev–Trinajstić information content (AvgIpc) is 3.18. The minimum Gasteiger partial charge on any atom is -0.467 e. The highest BCUT2D eigenvalue weighted by molar-refractivity contribution is 5.90. The van der Waals surface area contributed by atoms with Gasteiger partial charge in [0.25, 0.3) is 0 Å². The number of esters is 1. The van der Waals surface area contributed by atoms with Gasteiger partial charge in [0.05, 0.1) is 12.5 Å². The molecule has 5 nitrogen and oxygen atoms in total. The van der Waals surface area contributed by atoms with Crippen molar-refractivity contribution in [2.45, 2.75) is 51.0 Å². The lowest BCUT2D eigenvalue weighted by Crippen LogP contribution is -2.53. The Bertz CT molecular complexity index is 919. The van der Waals surface area contributed by atoms with Crippen LogP contribution in [0.4, 0.5) is 0 Å². The number of hydrogen-bond acceptors (Lipinski definition) is 3. The highest BCUT2D eigenvalue weighted by atomic mass is 16.5. The molecule has 5 heteroatoms. The fourth-order valence-electron chi connectivity index (χ4n) is 6.47. The summed E-state index contributed by atoms with van der Waals surface area (Å²) in [5.41, 5.74) is 1.81. The standard InChI is InChI=1S/C23H28N2O3/c1-28-21(26)20(10-16-13-24-19-5-3-2-4-18(16)19)25-22(27)23-11-14-6-7-17(23)9-15(8-14)12-23/h2-5,13-15,17,20,24H,6-12H2,1H3,(H,25,27). The number of H-pyrrole nitrogens is 1. The van der Waals surface area contributed by atoms with Gasteiger partial charge in [-0.05, 0) is 61.5 Å². The zero-order valence-electron chi connectivity index (χ0n) is 16.4. The van der Waals surface area contributed by atoms with E-state index >= 15 is 0 Å². The maximum Gasteiger partial charge on any atom is 0.328 e. The topological polar surface area (TPSA) is 71.2 Å². The highest BCUT2D eigenvalue weighted by Gasteiger charge is 2.58. The SMILES string of the molecule is COC(=O)C(Cc1c[nH]c2ccccc12)NC(=O)C12CC3CCC1CC(C3)C2. The summed E-state index contributed by atoms with van der Waals surface area (Å²) in [7, 11) is 1.39. The molecule has 3 fully saturated rings. The van der Waals surface area contributed by atoms with E-state index in [9.17, 15) is 9.59 Å². The van der Waals surface area contributed by atoms with Crippen LogP contribution in [0.15, 0.2) is 30.5 Å². The fraction of sp³-hybridized carbons (Fsp3) is 0.565. The summed E-state index contributed by atoms with van der Waals surface area (Å²) in [5.74, 6) is 1.59. The lowest BCUT2D eigenvalue weighted by Gasteiger charge is -2.44. The molecule has 3 saturated carbocycles. The third-order valence-electron chi connectivity index (χ3n) is 7.64. The van der Waals surface area contributed by atoms with Crippen LogP contribution in [0.25, 0.3) is 10.9 Å². The monoisotopic (exact) mass is 380 g/mol. The summed E-state index contributed by atoms with van der Waals surface area (Å²) in [6.07, 6.45) is 9.29. The Morgan fingerprint density at radius 2 is 2.04 bits per heavy atom. The summed E-state index contributed by atoms with van der Waals surface area (Å²) in [6.45, 7) is 0. The van der Waals surface area contributed by atoms with E-state index < -0.39 is 6.04 Å². The number of carbonyl (C=O) groups is 2. The molecule has 1 aromatic heterocycles. The lowest BCUT2D eigenvalue weighted by molar-refractivity contribution is -0.148. The number of methoxy groups -OCH3 is 1. The number of aromatic nitrogens is 1. The molecule has 3 bridgehead atoms. The quantitative estimate of drug-likeness (QED) is 0.779. The van der Waals surface area contributed by atoms with Gasteiger partial charge in [0.1, 0.15) is 6.04 Å². The molecule has 5 atom stereocenters. The van der Waals surface area contributed by atoms with Crippen LogP contribution >= 0.6 is 0 Å². The molecule has 1 heterocycles. The summed E-state index contributed by atoms with van der Waals surface area (Å²) in [4.78, 5) is 29.2. The molecule has 5 unspecified atom stereocenters. The van der Waals surface area contributed by atoms with Crippen molar-refractivity contribution in [3.63, 3.8) is 0 Å². The Labute approximate surface area is 165 Å². The van der Waals surface area contributed by atoms with Crippen LogP contribution in [0, 0.1) is 23.2 Å². The summed E-state index contributed by atoms with van der Waals surface area (Å²) >= 11 is 0. The molecule has 0 spiro atoms. The van der Waals surface area contributed by atoms with Gasteiger partial charge in [-0.2, -0.15) is 0 Å². The van der Waals surface area contributed by atoms with Crippen LogP contribution in [0.2, 0.25) is 0 Å². The first-order valence-electron chi connectivity index (χ1n) is 10.5. The average molecular weight is 380 g/mol. The zero-order chi connectivity index (χ0) is 19.3. The number of amides is 1. The van der Waals surface area contributed by atoms with Crippen molar-refractivity contribution in [3.05, 3.63) is 36.0 Å². The molecule has 2 aromatic rings. The lowest BCUT2D eigenvalue weighted by atomic mass is 9.61. The smallest absolute Gasteiger partial charge is 0.328 e. The molecule has 3 aliphatic carbocycles. The maximum atomic E-state index is 13.5. The van der Waals surface area contributed by atoms with E-state index in [1.54, 1.807) is 0 Å². The first-order chi connectivity index (χ1) is 13.6. The van der Waals surface area contributed by atoms with Crippen molar-refractivity contribution < 1.29 is 14.3 Å². The van der Waals surface area contributed by atoms with E-state index in [4.69, 9.17) is 4.74 Å². The maximum absolute atomic E-state index is 13.5. The number of hydrogen-bond donors (Lipinski definition) is 2. The van der Waals surface area contributed by atoms with Gasteiger partial charge in [0.2, 0.25) is 5.91 Å². The molecule has 0 radical (unpaired) electrons. The van der Waals surface area contributed by atoms with E-state index in [0.29, 0.717) is 24.2 Å². The van der Waals surface area contributed by atoms with Gasteiger partial charge in [-0.3, -0.25) is 4.79 Å². The van der Waals surface area contributed by atoms with Crippen LogP contribution in [0.5, 0.6) is 0 Å². The van der Waals surface area contributed by atoms with E-state index in [0.717, 1.165) is 29.3 Å². The molecule has 148 valence electrons. The van der Waals surface area contributed by atoms with Crippen molar-refractivity contribution in [1.29, 1.82) is 0 Å². The minimum absolute atomic E-state index is 0.0830. The highest BCUT2D eigenvalue weighted by Crippen LogP contribution is 2.62. The van der Waals surface area contributed by atoms with Crippen LogP contribution in [0.3, 0.4) is 0 Å². The summed E-state index contributed by atoms with van der Waals surface area (Å²) in [6, 6.07) is 7.38. The number of carbonyl (C=O) groups excluding carboxylic acids is 2. The second-order valence-corrected chi connectivity index (χ2v) is 9.15. The Kier molecular flexibility index (Phi) is 4.22. The predicted molar refractivity (Wildman–Crippen MR) is 107 cm³/mol. The number of aromatic amines is 1. The van der Waals surface area contributed by atoms with E-state index in [-0.39, 0.29) is 17.3 Å². The summed E-state index contributed by atoms with van der Waals surface area (Å²) < 4.78 is 5.04.